The number of ether oxygens (including phenoxy) is 1. The van der Waals surface area contributed by atoms with E-state index in [1.54, 1.807) is 6.92 Å². The van der Waals surface area contributed by atoms with Crippen molar-refractivity contribution in [2.24, 2.45) is 5.92 Å². The summed E-state index contributed by atoms with van der Waals surface area (Å²) >= 11 is 0. The number of rotatable bonds is 6. The minimum Gasteiger partial charge on any atom is -0.449 e. The molecule has 1 saturated heterocycles. The highest BCUT2D eigenvalue weighted by Gasteiger charge is 2.27. The van der Waals surface area contributed by atoms with E-state index < -0.39 is 28.9 Å². The van der Waals surface area contributed by atoms with Crippen LogP contribution in [-0.4, -0.2) is 48.6 Å². The zero-order valence-corrected chi connectivity index (χ0v) is 16.8. The standard InChI is InChI=1S/C19H26N4O6/c1-4-20-19(26)21-17(24)13(3)29-18(25)14-7-8-15(16(10-14)23(27)28)22-9-5-6-12(2)11-22/h7-8,10,12-13H,4-6,9,11H2,1-3H3,(H2,20,21,24,26)/t12-,13+/m0/s1. The summed E-state index contributed by atoms with van der Waals surface area (Å²) in [6.45, 7) is 6.85. The van der Waals surface area contributed by atoms with E-state index in [2.05, 4.69) is 12.2 Å². The molecule has 10 nitrogen and oxygen atoms in total. The van der Waals surface area contributed by atoms with Crippen molar-refractivity contribution in [1.82, 2.24) is 10.6 Å². The van der Waals surface area contributed by atoms with Gasteiger partial charge in [0, 0.05) is 25.7 Å². The Morgan fingerprint density at radius 3 is 2.72 bits per heavy atom. The number of urea groups is 1. The molecule has 10 heteroatoms. The zero-order valence-electron chi connectivity index (χ0n) is 16.8. The highest BCUT2D eigenvalue weighted by Crippen LogP contribution is 2.32. The fraction of sp³-hybridized carbons (Fsp3) is 0.526. The summed E-state index contributed by atoms with van der Waals surface area (Å²) in [4.78, 5) is 48.6. The SMILES string of the molecule is CCNC(=O)NC(=O)[C@@H](C)OC(=O)c1ccc(N2CCC[C@H](C)C2)c([N+](=O)[O-])c1. The van der Waals surface area contributed by atoms with Crippen molar-refractivity contribution in [3.8, 4) is 0 Å². The summed E-state index contributed by atoms with van der Waals surface area (Å²) < 4.78 is 5.05. The van der Waals surface area contributed by atoms with Crippen LogP contribution in [0, 0.1) is 16.0 Å². The van der Waals surface area contributed by atoms with E-state index >= 15 is 0 Å². The molecule has 2 N–H and O–H groups in total. The predicted molar refractivity (Wildman–Crippen MR) is 106 cm³/mol. The summed E-state index contributed by atoms with van der Waals surface area (Å²) in [5.41, 5.74) is 0.233. The lowest BCUT2D eigenvalue weighted by Crippen LogP contribution is -2.44. The van der Waals surface area contributed by atoms with Crippen molar-refractivity contribution in [2.75, 3.05) is 24.5 Å². The molecule has 0 unspecified atom stereocenters. The van der Waals surface area contributed by atoms with Gasteiger partial charge in [-0.25, -0.2) is 9.59 Å². The number of carbonyl (C=O) groups excluding carboxylic acids is 3. The molecule has 0 spiro atoms. The number of nitro benzene ring substituents is 1. The van der Waals surface area contributed by atoms with Gasteiger partial charge in [0.15, 0.2) is 6.10 Å². The Kier molecular flexibility index (Phi) is 7.52. The molecule has 0 radical (unpaired) electrons. The minimum absolute atomic E-state index is 0.0387. The van der Waals surface area contributed by atoms with E-state index in [0.29, 0.717) is 31.2 Å². The number of carbonyl (C=O) groups is 3. The maximum absolute atomic E-state index is 12.3. The van der Waals surface area contributed by atoms with Crippen LogP contribution in [0.25, 0.3) is 0 Å². The molecule has 0 aliphatic carbocycles. The molecule has 158 valence electrons. The van der Waals surface area contributed by atoms with Gasteiger partial charge in [-0.1, -0.05) is 6.92 Å². The molecule has 1 aromatic rings. The number of piperidine rings is 1. The highest BCUT2D eigenvalue weighted by molar-refractivity contribution is 5.98. The lowest BCUT2D eigenvalue weighted by atomic mass is 9.99. The molecule has 1 fully saturated rings. The maximum Gasteiger partial charge on any atom is 0.339 e. The van der Waals surface area contributed by atoms with Crippen LogP contribution in [0.2, 0.25) is 0 Å². The number of benzene rings is 1. The van der Waals surface area contributed by atoms with Gasteiger partial charge in [0.1, 0.15) is 5.69 Å². The van der Waals surface area contributed by atoms with E-state index in [4.69, 9.17) is 4.74 Å². The second-order valence-electron chi connectivity index (χ2n) is 7.05. The molecular weight excluding hydrogens is 380 g/mol. The largest absolute Gasteiger partial charge is 0.449 e. The quantitative estimate of drug-likeness (QED) is 0.421. The Morgan fingerprint density at radius 1 is 1.38 bits per heavy atom. The van der Waals surface area contributed by atoms with Crippen molar-refractivity contribution in [2.45, 2.75) is 39.7 Å². The second kappa shape index (κ2) is 9.85. The Labute approximate surface area is 168 Å². The average Bonchev–Trinajstić information content (AvgIpc) is 2.67. The van der Waals surface area contributed by atoms with Gasteiger partial charge in [-0.15, -0.1) is 0 Å². The van der Waals surface area contributed by atoms with Gasteiger partial charge in [0.25, 0.3) is 11.6 Å². The second-order valence-corrected chi connectivity index (χ2v) is 7.05. The number of esters is 1. The highest BCUT2D eigenvalue weighted by atomic mass is 16.6. The Hall–Kier alpha value is -3.17. The summed E-state index contributed by atoms with van der Waals surface area (Å²) in [6, 6.07) is 3.44. The minimum atomic E-state index is -1.24. The topological polar surface area (TPSA) is 131 Å². The number of nitro groups is 1. The van der Waals surface area contributed by atoms with E-state index in [1.807, 2.05) is 10.2 Å². The van der Waals surface area contributed by atoms with Crippen LogP contribution in [0.5, 0.6) is 0 Å². The van der Waals surface area contributed by atoms with Crippen molar-refractivity contribution in [3.05, 3.63) is 33.9 Å². The van der Waals surface area contributed by atoms with E-state index in [0.717, 1.165) is 18.9 Å². The van der Waals surface area contributed by atoms with Gasteiger partial charge < -0.3 is 15.0 Å². The number of hydrogen-bond acceptors (Lipinski definition) is 7. The molecule has 0 aromatic heterocycles. The van der Waals surface area contributed by atoms with E-state index in [-0.39, 0.29) is 11.3 Å². The third-order valence-electron chi connectivity index (χ3n) is 4.63. The Bertz CT molecular complexity index is 797. The average molecular weight is 406 g/mol. The van der Waals surface area contributed by atoms with Crippen molar-refractivity contribution >= 4 is 29.3 Å². The monoisotopic (exact) mass is 406 g/mol. The number of amides is 3. The molecule has 1 heterocycles. The van der Waals surface area contributed by atoms with Crippen LogP contribution in [0.4, 0.5) is 16.2 Å². The first-order chi connectivity index (χ1) is 13.7. The summed E-state index contributed by atoms with van der Waals surface area (Å²) in [5, 5.41) is 16.0. The number of anilines is 1. The Balaban J connectivity index is 2.12. The number of nitrogens with zero attached hydrogens (tertiary/aromatic N) is 2. The van der Waals surface area contributed by atoms with Gasteiger partial charge in [-0.3, -0.25) is 20.2 Å². The summed E-state index contributed by atoms with van der Waals surface area (Å²) in [7, 11) is 0. The molecule has 1 aromatic carbocycles. The van der Waals surface area contributed by atoms with Crippen molar-refractivity contribution in [1.29, 1.82) is 0 Å². The normalized spacial score (nSPS) is 17.2. The van der Waals surface area contributed by atoms with Crippen LogP contribution in [-0.2, 0) is 9.53 Å². The Morgan fingerprint density at radius 2 is 2.10 bits per heavy atom. The van der Waals surface area contributed by atoms with Gasteiger partial charge in [-0.05, 0) is 44.7 Å². The smallest absolute Gasteiger partial charge is 0.339 e. The molecule has 0 bridgehead atoms. The molecule has 1 aliphatic rings. The van der Waals surface area contributed by atoms with Crippen molar-refractivity contribution in [3.63, 3.8) is 0 Å². The van der Waals surface area contributed by atoms with Crippen LogP contribution >= 0.6 is 0 Å². The predicted octanol–water partition coefficient (Wildman–Crippen LogP) is 2.22. The van der Waals surface area contributed by atoms with E-state index in [9.17, 15) is 24.5 Å². The van der Waals surface area contributed by atoms with Crippen LogP contribution in [0.1, 0.15) is 44.0 Å². The lowest BCUT2D eigenvalue weighted by molar-refractivity contribution is -0.384. The first kappa shape index (κ1) is 22.1. The molecule has 1 aliphatic heterocycles. The fourth-order valence-corrected chi connectivity index (χ4v) is 3.17. The van der Waals surface area contributed by atoms with Gasteiger partial charge in [-0.2, -0.15) is 0 Å². The van der Waals surface area contributed by atoms with E-state index in [1.165, 1.54) is 19.1 Å². The molecule has 2 rings (SSSR count). The first-order valence-electron chi connectivity index (χ1n) is 9.56. The fourth-order valence-electron chi connectivity index (χ4n) is 3.17. The maximum atomic E-state index is 12.3. The molecule has 29 heavy (non-hydrogen) atoms. The number of imide groups is 1. The number of nitrogens with one attached hydrogen (secondary N) is 2. The summed E-state index contributed by atoms with van der Waals surface area (Å²) in [6.07, 6.45) is 0.775. The van der Waals surface area contributed by atoms with Gasteiger partial charge >= 0.3 is 12.0 Å². The van der Waals surface area contributed by atoms with Crippen LogP contribution < -0.4 is 15.5 Å². The lowest BCUT2D eigenvalue weighted by Gasteiger charge is -2.32. The van der Waals surface area contributed by atoms with Gasteiger partial charge in [0.2, 0.25) is 0 Å². The number of hydrogen-bond donors (Lipinski definition) is 2. The molecule has 0 saturated carbocycles. The van der Waals surface area contributed by atoms with Gasteiger partial charge in [0.05, 0.1) is 10.5 Å². The van der Waals surface area contributed by atoms with Crippen LogP contribution in [0.3, 0.4) is 0 Å². The first-order valence-corrected chi connectivity index (χ1v) is 9.56. The van der Waals surface area contributed by atoms with Crippen LogP contribution in [0.15, 0.2) is 18.2 Å². The zero-order chi connectivity index (χ0) is 21.6. The van der Waals surface area contributed by atoms with Crippen molar-refractivity contribution < 1.29 is 24.0 Å². The third-order valence-corrected chi connectivity index (χ3v) is 4.63. The summed E-state index contributed by atoms with van der Waals surface area (Å²) in [5.74, 6) is -1.25. The molecule has 2 atom stereocenters. The molecule has 3 amide bonds. The third kappa shape index (κ3) is 5.90. The molecular formula is C19H26N4O6.